The molecule has 1 aromatic rings. The van der Waals surface area contributed by atoms with E-state index in [-0.39, 0.29) is 11.3 Å². The van der Waals surface area contributed by atoms with Gasteiger partial charge in [-0.25, -0.2) is 13.1 Å². The monoisotopic (exact) mass is 299 g/mol. The van der Waals surface area contributed by atoms with Crippen molar-refractivity contribution in [2.24, 2.45) is 0 Å². The molecule has 0 radical (unpaired) electrons. The summed E-state index contributed by atoms with van der Waals surface area (Å²) in [5, 5.41) is 8.84. The summed E-state index contributed by atoms with van der Waals surface area (Å²) < 4.78 is 32.3. The molecule has 1 aliphatic carbocycles. The van der Waals surface area contributed by atoms with E-state index in [2.05, 4.69) is 4.72 Å². The summed E-state index contributed by atoms with van der Waals surface area (Å²) in [6, 6.07) is 4.77. The number of hydrogen-bond acceptors (Lipinski definition) is 4. The highest BCUT2D eigenvalue weighted by Gasteiger charge is 2.47. The number of sulfonamides is 1. The fourth-order valence-electron chi connectivity index (χ4n) is 2.09. The van der Waals surface area contributed by atoms with Crippen LogP contribution < -0.4 is 9.46 Å². The predicted molar refractivity (Wildman–Crippen MR) is 72.3 cm³/mol. The molecule has 110 valence electrons. The maximum Gasteiger partial charge on any atom is 0.305 e. The number of carbonyl (C=O) groups is 1. The van der Waals surface area contributed by atoms with Crippen LogP contribution >= 0.6 is 0 Å². The summed E-state index contributed by atoms with van der Waals surface area (Å²) in [5.41, 5.74) is -0.246. The van der Waals surface area contributed by atoms with Crippen LogP contribution in [0.3, 0.4) is 0 Å². The first kappa shape index (κ1) is 14.8. The fraction of sp³-hybridized carbons (Fsp3) is 0.462. The SMILES string of the molecule is COc1ccc(C)c(S(=O)(=O)NC2(CC(=O)O)CC2)c1. The summed E-state index contributed by atoms with van der Waals surface area (Å²) in [6.45, 7) is 1.69. The van der Waals surface area contributed by atoms with Crippen LogP contribution in [0.4, 0.5) is 0 Å². The fourth-order valence-corrected chi connectivity index (χ4v) is 3.81. The number of benzene rings is 1. The number of carboxylic acids is 1. The molecule has 0 spiro atoms. The Labute approximate surface area is 117 Å². The molecule has 6 nitrogen and oxygen atoms in total. The summed E-state index contributed by atoms with van der Waals surface area (Å²) in [7, 11) is -2.30. The van der Waals surface area contributed by atoms with Gasteiger partial charge in [0, 0.05) is 11.6 Å². The van der Waals surface area contributed by atoms with Gasteiger partial charge in [-0.2, -0.15) is 0 Å². The number of hydrogen-bond donors (Lipinski definition) is 2. The number of carboxylic acid groups (broad SMARTS) is 1. The van der Waals surface area contributed by atoms with Gasteiger partial charge in [-0.3, -0.25) is 4.79 Å². The number of aliphatic carboxylic acids is 1. The third-order valence-electron chi connectivity index (χ3n) is 3.38. The average molecular weight is 299 g/mol. The quantitative estimate of drug-likeness (QED) is 0.825. The van der Waals surface area contributed by atoms with Gasteiger partial charge >= 0.3 is 5.97 Å². The maximum atomic E-state index is 12.4. The van der Waals surface area contributed by atoms with E-state index in [4.69, 9.17) is 9.84 Å². The first-order valence-corrected chi connectivity index (χ1v) is 7.67. The zero-order chi connectivity index (χ0) is 15.0. The standard InChI is InChI=1S/C13H17NO5S/c1-9-3-4-10(19-2)7-11(9)20(17,18)14-13(5-6-13)8-12(15)16/h3-4,7,14H,5-6,8H2,1-2H3,(H,15,16). The Morgan fingerprint density at radius 2 is 2.10 bits per heavy atom. The minimum absolute atomic E-state index is 0.119. The second-order valence-electron chi connectivity index (χ2n) is 5.09. The third kappa shape index (κ3) is 3.10. The molecule has 1 aliphatic rings. The lowest BCUT2D eigenvalue weighted by Gasteiger charge is -2.17. The highest BCUT2D eigenvalue weighted by Crippen LogP contribution is 2.40. The van der Waals surface area contributed by atoms with Crippen molar-refractivity contribution in [2.75, 3.05) is 7.11 Å². The molecule has 1 fully saturated rings. The topological polar surface area (TPSA) is 92.7 Å². The zero-order valence-electron chi connectivity index (χ0n) is 11.3. The summed E-state index contributed by atoms with van der Waals surface area (Å²) in [5.74, 6) is -0.563. The van der Waals surface area contributed by atoms with Gasteiger partial charge in [0.25, 0.3) is 0 Å². The van der Waals surface area contributed by atoms with Gasteiger partial charge in [0.2, 0.25) is 10.0 Å². The normalized spacial score (nSPS) is 16.7. The Kier molecular flexibility index (Phi) is 3.75. The van der Waals surface area contributed by atoms with E-state index >= 15 is 0 Å². The molecule has 0 saturated heterocycles. The number of methoxy groups -OCH3 is 1. The molecule has 0 bridgehead atoms. The number of rotatable bonds is 6. The van der Waals surface area contributed by atoms with Crippen LogP contribution in [0.1, 0.15) is 24.8 Å². The van der Waals surface area contributed by atoms with E-state index in [1.165, 1.54) is 13.2 Å². The van der Waals surface area contributed by atoms with Crippen LogP contribution in [0.25, 0.3) is 0 Å². The molecule has 0 unspecified atom stereocenters. The summed E-state index contributed by atoms with van der Waals surface area (Å²) in [4.78, 5) is 10.9. The van der Waals surface area contributed by atoms with Crippen molar-refractivity contribution in [3.63, 3.8) is 0 Å². The minimum Gasteiger partial charge on any atom is -0.497 e. The van der Waals surface area contributed by atoms with Crippen molar-refractivity contribution in [3.05, 3.63) is 23.8 Å². The highest BCUT2D eigenvalue weighted by molar-refractivity contribution is 7.89. The molecular formula is C13H17NO5S. The molecule has 1 aromatic carbocycles. The molecule has 0 atom stereocenters. The Hall–Kier alpha value is -1.60. The molecule has 2 N–H and O–H groups in total. The molecule has 0 amide bonds. The van der Waals surface area contributed by atoms with Gasteiger partial charge in [-0.1, -0.05) is 6.07 Å². The molecule has 2 rings (SSSR count). The lowest BCUT2D eigenvalue weighted by molar-refractivity contribution is -0.137. The van der Waals surface area contributed by atoms with Crippen LogP contribution in [0.2, 0.25) is 0 Å². The van der Waals surface area contributed by atoms with Gasteiger partial charge in [0.05, 0.1) is 18.4 Å². The van der Waals surface area contributed by atoms with Crippen molar-refractivity contribution in [2.45, 2.75) is 36.6 Å². The molecular weight excluding hydrogens is 282 g/mol. The van der Waals surface area contributed by atoms with E-state index in [0.29, 0.717) is 24.2 Å². The second-order valence-corrected chi connectivity index (χ2v) is 6.74. The average Bonchev–Trinajstić information content (AvgIpc) is 3.06. The number of nitrogens with one attached hydrogen (secondary N) is 1. The van der Waals surface area contributed by atoms with Gasteiger partial charge in [0.15, 0.2) is 0 Å². The number of aryl methyl sites for hydroxylation is 1. The molecule has 20 heavy (non-hydrogen) atoms. The van der Waals surface area contributed by atoms with E-state index in [1.54, 1.807) is 19.1 Å². The van der Waals surface area contributed by atoms with Crippen molar-refractivity contribution < 1.29 is 23.1 Å². The third-order valence-corrected chi connectivity index (χ3v) is 5.10. The number of ether oxygens (including phenoxy) is 1. The zero-order valence-corrected chi connectivity index (χ0v) is 12.2. The van der Waals surface area contributed by atoms with Crippen molar-refractivity contribution in [1.82, 2.24) is 4.72 Å². The van der Waals surface area contributed by atoms with Crippen LogP contribution in [-0.2, 0) is 14.8 Å². The van der Waals surface area contributed by atoms with E-state index in [9.17, 15) is 13.2 Å². The van der Waals surface area contributed by atoms with E-state index < -0.39 is 21.5 Å². The van der Waals surface area contributed by atoms with Gasteiger partial charge < -0.3 is 9.84 Å². The van der Waals surface area contributed by atoms with Crippen LogP contribution in [-0.4, -0.2) is 32.1 Å². The van der Waals surface area contributed by atoms with Crippen LogP contribution in [0.15, 0.2) is 23.1 Å². The summed E-state index contributed by atoms with van der Waals surface area (Å²) >= 11 is 0. The first-order valence-electron chi connectivity index (χ1n) is 6.18. The van der Waals surface area contributed by atoms with Crippen LogP contribution in [0.5, 0.6) is 5.75 Å². The van der Waals surface area contributed by atoms with E-state index in [0.717, 1.165) is 0 Å². The lowest BCUT2D eigenvalue weighted by Crippen LogP contribution is -2.38. The smallest absolute Gasteiger partial charge is 0.305 e. The van der Waals surface area contributed by atoms with Crippen LogP contribution in [0, 0.1) is 6.92 Å². The molecule has 1 saturated carbocycles. The molecule has 0 aliphatic heterocycles. The minimum atomic E-state index is -3.76. The van der Waals surface area contributed by atoms with Crippen molar-refractivity contribution in [3.8, 4) is 5.75 Å². The van der Waals surface area contributed by atoms with Gasteiger partial charge in [0.1, 0.15) is 5.75 Å². The Balaban J connectivity index is 2.29. The van der Waals surface area contributed by atoms with Crippen molar-refractivity contribution >= 4 is 16.0 Å². The Morgan fingerprint density at radius 3 is 2.60 bits per heavy atom. The largest absolute Gasteiger partial charge is 0.497 e. The predicted octanol–water partition coefficient (Wildman–Crippen LogP) is 1.29. The highest BCUT2D eigenvalue weighted by atomic mass is 32.2. The summed E-state index contributed by atoms with van der Waals surface area (Å²) in [6.07, 6.45) is 0.887. The lowest BCUT2D eigenvalue weighted by atomic mass is 10.2. The Bertz CT molecular complexity index is 634. The molecule has 0 heterocycles. The van der Waals surface area contributed by atoms with Gasteiger partial charge in [-0.15, -0.1) is 0 Å². The maximum absolute atomic E-state index is 12.4. The second kappa shape index (κ2) is 5.06. The molecule has 0 aromatic heterocycles. The molecule has 7 heteroatoms. The first-order chi connectivity index (χ1) is 9.28. The van der Waals surface area contributed by atoms with Crippen molar-refractivity contribution in [1.29, 1.82) is 0 Å². The Morgan fingerprint density at radius 1 is 1.45 bits per heavy atom. The van der Waals surface area contributed by atoms with Gasteiger partial charge in [-0.05, 0) is 31.4 Å². The van der Waals surface area contributed by atoms with E-state index in [1.807, 2.05) is 0 Å².